The quantitative estimate of drug-likeness (QED) is 0.729. The summed E-state index contributed by atoms with van der Waals surface area (Å²) in [6.07, 6.45) is 4.24. The van der Waals surface area contributed by atoms with E-state index in [0.29, 0.717) is 6.54 Å². The molecule has 1 aliphatic carbocycles. The van der Waals surface area contributed by atoms with E-state index in [1.54, 1.807) is 0 Å². The van der Waals surface area contributed by atoms with Gasteiger partial charge < -0.3 is 5.73 Å². The molecule has 0 radical (unpaired) electrons. The van der Waals surface area contributed by atoms with Crippen molar-refractivity contribution in [1.82, 2.24) is 9.03 Å². The summed E-state index contributed by atoms with van der Waals surface area (Å²) in [7, 11) is -7.24. The Balaban J connectivity index is 0.00000225. The number of halogens is 1. The summed E-state index contributed by atoms with van der Waals surface area (Å²) in [6.45, 7) is 0.741. The molecule has 1 aromatic carbocycles. The lowest BCUT2D eigenvalue weighted by Crippen LogP contribution is -2.47. The summed E-state index contributed by atoms with van der Waals surface area (Å²) >= 11 is 0. The normalized spacial score (nSPS) is 22.4. The SMILES string of the molecule is Cl.NCC1CCCCN1S(=O)(=O)c1ccc(S(=O)(=O)NC2CC2)cc1. The Labute approximate surface area is 155 Å². The first-order chi connectivity index (χ1) is 11.3. The molecule has 1 saturated heterocycles. The van der Waals surface area contributed by atoms with Crippen LogP contribution in [0.2, 0.25) is 0 Å². The van der Waals surface area contributed by atoms with Crippen LogP contribution in [0.25, 0.3) is 0 Å². The Kier molecular flexibility index (Phi) is 6.50. The van der Waals surface area contributed by atoms with Crippen LogP contribution < -0.4 is 10.5 Å². The van der Waals surface area contributed by atoms with Gasteiger partial charge in [-0.3, -0.25) is 0 Å². The van der Waals surface area contributed by atoms with Crippen molar-refractivity contribution in [1.29, 1.82) is 0 Å². The molecule has 2 fully saturated rings. The Morgan fingerprint density at radius 3 is 2.16 bits per heavy atom. The number of sulfonamides is 2. The predicted molar refractivity (Wildman–Crippen MR) is 97.6 cm³/mol. The van der Waals surface area contributed by atoms with Gasteiger partial charge in [-0.05, 0) is 49.9 Å². The van der Waals surface area contributed by atoms with Gasteiger partial charge in [0.15, 0.2) is 0 Å². The second-order valence-corrected chi connectivity index (χ2v) is 9.97. The highest BCUT2D eigenvalue weighted by atomic mass is 35.5. The van der Waals surface area contributed by atoms with E-state index in [9.17, 15) is 16.8 Å². The maximum absolute atomic E-state index is 12.8. The fourth-order valence-corrected chi connectivity index (χ4v) is 5.95. The fourth-order valence-electron chi connectivity index (χ4n) is 2.94. The first kappa shape index (κ1) is 20.6. The highest BCUT2D eigenvalue weighted by Gasteiger charge is 2.33. The highest BCUT2D eigenvalue weighted by molar-refractivity contribution is 7.89. The van der Waals surface area contributed by atoms with Crippen LogP contribution in [-0.4, -0.2) is 46.3 Å². The lowest BCUT2D eigenvalue weighted by molar-refractivity contribution is 0.257. The number of hydrogen-bond donors (Lipinski definition) is 2. The Bertz CT molecular complexity index is 793. The molecule has 1 aromatic rings. The van der Waals surface area contributed by atoms with Crippen LogP contribution in [0.1, 0.15) is 32.1 Å². The molecular weight excluding hydrogens is 386 g/mol. The Hall–Kier alpha value is -0.710. The third-order valence-electron chi connectivity index (χ3n) is 4.48. The van der Waals surface area contributed by atoms with Crippen molar-refractivity contribution in [2.75, 3.05) is 13.1 Å². The van der Waals surface area contributed by atoms with E-state index in [1.165, 1.54) is 28.6 Å². The van der Waals surface area contributed by atoms with Gasteiger partial charge in [0.25, 0.3) is 0 Å². The molecule has 2 aliphatic rings. The molecule has 3 N–H and O–H groups in total. The van der Waals surface area contributed by atoms with Gasteiger partial charge in [-0.1, -0.05) is 6.42 Å². The van der Waals surface area contributed by atoms with Crippen molar-refractivity contribution in [2.45, 2.75) is 54.0 Å². The van der Waals surface area contributed by atoms with Crippen LogP contribution in [-0.2, 0) is 20.0 Å². The number of nitrogens with zero attached hydrogens (tertiary/aromatic N) is 1. The first-order valence-corrected chi connectivity index (χ1v) is 11.1. The van der Waals surface area contributed by atoms with E-state index in [1.807, 2.05) is 0 Å². The average molecular weight is 410 g/mol. The van der Waals surface area contributed by atoms with Gasteiger partial charge in [0, 0.05) is 25.2 Å². The summed E-state index contributed by atoms with van der Waals surface area (Å²) in [5, 5.41) is 0. The molecular formula is C15H24ClN3O4S2. The molecule has 1 saturated carbocycles. The van der Waals surface area contributed by atoms with Crippen LogP contribution in [0, 0.1) is 0 Å². The van der Waals surface area contributed by atoms with E-state index < -0.39 is 20.0 Å². The van der Waals surface area contributed by atoms with Crippen molar-refractivity contribution in [3.63, 3.8) is 0 Å². The number of benzene rings is 1. The molecule has 0 bridgehead atoms. The van der Waals surface area contributed by atoms with Gasteiger partial charge in [-0.2, -0.15) is 4.31 Å². The lowest BCUT2D eigenvalue weighted by Gasteiger charge is -2.33. The molecule has 1 heterocycles. The standard InChI is InChI=1S/C15H23N3O4S2.ClH/c16-11-13-3-1-2-10-18(13)24(21,22)15-8-6-14(7-9-15)23(19,20)17-12-4-5-12;/h6-9,12-13,17H,1-5,10-11,16H2;1H. The van der Waals surface area contributed by atoms with E-state index in [2.05, 4.69) is 4.72 Å². The van der Waals surface area contributed by atoms with Crippen LogP contribution in [0.15, 0.2) is 34.1 Å². The Morgan fingerprint density at radius 1 is 1.00 bits per heavy atom. The number of piperidine rings is 1. The maximum Gasteiger partial charge on any atom is 0.243 e. The van der Waals surface area contributed by atoms with Crippen LogP contribution >= 0.6 is 12.4 Å². The van der Waals surface area contributed by atoms with E-state index >= 15 is 0 Å². The zero-order chi connectivity index (χ0) is 17.4. The summed E-state index contributed by atoms with van der Waals surface area (Å²) in [5.41, 5.74) is 5.71. The molecule has 0 spiro atoms. The van der Waals surface area contributed by atoms with Crippen molar-refractivity contribution in [2.24, 2.45) is 5.73 Å². The second-order valence-electron chi connectivity index (χ2n) is 6.37. The van der Waals surface area contributed by atoms with Gasteiger partial charge in [-0.15, -0.1) is 12.4 Å². The highest BCUT2D eigenvalue weighted by Crippen LogP contribution is 2.26. The number of hydrogen-bond acceptors (Lipinski definition) is 5. The zero-order valence-electron chi connectivity index (χ0n) is 13.8. The number of nitrogens with two attached hydrogens (primary N) is 1. The van der Waals surface area contributed by atoms with Gasteiger partial charge in [0.1, 0.15) is 0 Å². The minimum Gasteiger partial charge on any atom is -0.329 e. The van der Waals surface area contributed by atoms with E-state index in [0.717, 1.165) is 32.1 Å². The lowest BCUT2D eigenvalue weighted by atomic mass is 10.1. The molecule has 0 amide bonds. The molecule has 3 rings (SSSR count). The molecule has 7 nitrogen and oxygen atoms in total. The van der Waals surface area contributed by atoms with Crippen molar-refractivity contribution >= 4 is 32.5 Å². The van der Waals surface area contributed by atoms with Crippen molar-refractivity contribution in [3.05, 3.63) is 24.3 Å². The predicted octanol–water partition coefficient (Wildman–Crippen LogP) is 1.05. The van der Waals surface area contributed by atoms with Crippen LogP contribution in [0.5, 0.6) is 0 Å². The topological polar surface area (TPSA) is 110 Å². The smallest absolute Gasteiger partial charge is 0.243 e. The maximum atomic E-state index is 12.8. The molecule has 0 aromatic heterocycles. The number of rotatable bonds is 6. The fraction of sp³-hybridized carbons (Fsp3) is 0.600. The van der Waals surface area contributed by atoms with Crippen LogP contribution in [0.3, 0.4) is 0 Å². The molecule has 142 valence electrons. The second kappa shape index (κ2) is 7.89. The summed E-state index contributed by atoms with van der Waals surface area (Å²) in [5.74, 6) is 0. The molecule has 1 atom stereocenters. The monoisotopic (exact) mass is 409 g/mol. The van der Waals surface area contributed by atoms with E-state index in [4.69, 9.17) is 5.73 Å². The largest absolute Gasteiger partial charge is 0.329 e. The van der Waals surface area contributed by atoms with Gasteiger partial charge >= 0.3 is 0 Å². The third kappa shape index (κ3) is 4.53. The van der Waals surface area contributed by atoms with E-state index in [-0.39, 0.29) is 40.8 Å². The van der Waals surface area contributed by atoms with Crippen LogP contribution in [0.4, 0.5) is 0 Å². The van der Waals surface area contributed by atoms with Gasteiger partial charge in [-0.25, -0.2) is 21.6 Å². The van der Waals surface area contributed by atoms with Crippen molar-refractivity contribution in [3.8, 4) is 0 Å². The first-order valence-electron chi connectivity index (χ1n) is 8.19. The molecule has 1 aliphatic heterocycles. The Morgan fingerprint density at radius 2 is 1.60 bits per heavy atom. The minimum absolute atomic E-state index is 0. The molecule has 25 heavy (non-hydrogen) atoms. The average Bonchev–Trinajstić information content (AvgIpc) is 3.38. The van der Waals surface area contributed by atoms with Gasteiger partial charge in [0.2, 0.25) is 20.0 Å². The molecule has 1 unspecified atom stereocenters. The summed E-state index contributed by atoms with van der Waals surface area (Å²) in [6, 6.07) is 5.23. The summed E-state index contributed by atoms with van der Waals surface area (Å²) in [4.78, 5) is 0.190. The van der Waals surface area contributed by atoms with Crippen molar-refractivity contribution < 1.29 is 16.8 Å². The minimum atomic E-state index is -3.66. The zero-order valence-corrected chi connectivity index (χ0v) is 16.2. The van der Waals surface area contributed by atoms with Gasteiger partial charge in [0.05, 0.1) is 9.79 Å². The molecule has 10 heteroatoms. The third-order valence-corrected chi connectivity index (χ3v) is 7.99. The number of nitrogens with one attached hydrogen (secondary N) is 1. The summed E-state index contributed by atoms with van der Waals surface area (Å²) < 4.78 is 54.0.